The molecule has 0 bridgehead atoms. The molecule has 0 aliphatic carbocycles. The van der Waals surface area contributed by atoms with E-state index < -0.39 is 0 Å². The van der Waals surface area contributed by atoms with Crippen LogP contribution >= 0.6 is 11.6 Å². The molecule has 2 rings (SSSR count). The molecule has 0 radical (unpaired) electrons. The number of phenolic OH excluding ortho intramolecular Hbond substituents is 2. The van der Waals surface area contributed by atoms with E-state index in [9.17, 15) is 10.2 Å². The minimum Gasteiger partial charge on any atom is -0.507 e. The SMILES string of the molecule is Cc1c(C)c(O)c(-c2ccc(Cl)cc2)c(C)c1O. The molecule has 0 heterocycles. The Bertz CT molecular complexity index is 572. The van der Waals surface area contributed by atoms with Crippen LogP contribution in [0.25, 0.3) is 11.1 Å². The average Bonchev–Trinajstić information content (AvgIpc) is 2.36. The maximum absolute atomic E-state index is 10.3. The molecule has 0 spiro atoms. The van der Waals surface area contributed by atoms with Gasteiger partial charge >= 0.3 is 0 Å². The number of phenols is 2. The van der Waals surface area contributed by atoms with Crippen LogP contribution in [0.3, 0.4) is 0 Å². The van der Waals surface area contributed by atoms with Gasteiger partial charge in [-0.25, -0.2) is 0 Å². The highest BCUT2D eigenvalue weighted by atomic mass is 35.5. The fourth-order valence-electron chi connectivity index (χ4n) is 2.09. The molecule has 2 aromatic carbocycles. The Labute approximate surface area is 111 Å². The van der Waals surface area contributed by atoms with E-state index >= 15 is 0 Å². The summed E-state index contributed by atoms with van der Waals surface area (Å²) >= 11 is 5.85. The summed E-state index contributed by atoms with van der Waals surface area (Å²) in [7, 11) is 0. The highest BCUT2D eigenvalue weighted by Gasteiger charge is 2.17. The second-order valence-corrected chi connectivity index (χ2v) is 4.89. The monoisotopic (exact) mass is 262 g/mol. The first-order chi connectivity index (χ1) is 8.43. The molecule has 3 heteroatoms. The fraction of sp³-hybridized carbons (Fsp3) is 0.200. The number of aromatic hydroxyl groups is 2. The van der Waals surface area contributed by atoms with E-state index in [2.05, 4.69) is 0 Å². The van der Waals surface area contributed by atoms with Crippen LogP contribution in [-0.4, -0.2) is 10.2 Å². The quantitative estimate of drug-likeness (QED) is 0.751. The first-order valence-corrected chi connectivity index (χ1v) is 6.09. The van der Waals surface area contributed by atoms with Gasteiger partial charge in [-0.15, -0.1) is 0 Å². The lowest BCUT2D eigenvalue weighted by atomic mass is 9.93. The maximum atomic E-state index is 10.3. The van der Waals surface area contributed by atoms with Gasteiger partial charge < -0.3 is 10.2 Å². The average molecular weight is 263 g/mol. The number of hydrogen-bond acceptors (Lipinski definition) is 2. The summed E-state index contributed by atoms with van der Waals surface area (Å²) < 4.78 is 0. The first kappa shape index (κ1) is 12.8. The summed E-state index contributed by atoms with van der Waals surface area (Å²) in [6.07, 6.45) is 0. The highest BCUT2D eigenvalue weighted by Crippen LogP contribution is 2.42. The Morgan fingerprint density at radius 2 is 1.28 bits per heavy atom. The predicted octanol–water partition coefficient (Wildman–Crippen LogP) is 4.34. The zero-order valence-electron chi connectivity index (χ0n) is 10.6. The van der Waals surface area contributed by atoms with Crippen LogP contribution < -0.4 is 0 Å². The molecule has 94 valence electrons. The zero-order chi connectivity index (χ0) is 13.4. The minimum absolute atomic E-state index is 0.213. The van der Waals surface area contributed by atoms with Crippen LogP contribution in [0.4, 0.5) is 0 Å². The summed E-state index contributed by atoms with van der Waals surface area (Å²) in [5.41, 5.74) is 3.59. The van der Waals surface area contributed by atoms with Gasteiger partial charge in [-0.3, -0.25) is 0 Å². The molecule has 0 unspecified atom stereocenters. The molecule has 2 aromatic rings. The summed E-state index contributed by atoms with van der Waals surface area (Å²) in [6.45, 7) is 5.39. The van der Waals surface area contributed by atoms with E-state index in [1.807, 2.05) is 12.1 Å². The zero-order valence-corrected chi connectivity index (χ0v) is 11.3. The van der Waals surface area contributed by atoms with E-state index in [1.165, 1.54) is 0 Å². The van der Waals surface area contributed by atoms with Crippen LogP contribution in [0, 0.1) is 20.8 Å². The molecular weight excluding hydrogens is 248 g/mol. The molecule has 0 saturated carbocycles. The second-order valence-electron chi connectivity index (χ2n) is 4.45. The minimum atomic E-state index is 0.213. The van der Waals surface area contributed by atoms with Gasteiger partial charge in [0.25, 0.3) is 0 Å². The van der Waals surface area contributed by atoms with Crippen LogP contribution in [0.5, 0.6) is 11.5 Å². The van der Waals surface area contributed by atoms with Crippen molar-refractivity contribution in [2.24, 2.45) is 0 Å². The predicted molar refractivity (Wildman–Crippen MR) is 74.4 cm³/mol. The van der Waals surface area contributed by atoms with Crippen molar-refractivity contribution in [3.63, 3.8) is 0 Å². The van der Waals surface area contributed by atoms with Gasteiger partial charge in [0.1, 0.15) is 11.5 Å². The van der Waals surface area contributed by atoms with Crippen LogP contribution in [0.2, 0.25) is 5.02 Å². The topological polar surface area (TPSA) is 40.5 Å². The molecule has 18 heavy (non-hydrogen) atoms. The van der Waals surface area contributed by atoms with E-state index in [0.29, 0.717) is 27.3 Å². The van der Waals surface area contributed by atoms with Gasteiger partial charge in [-0.05, 0) is 49.6 Å². The Morgan fingerprint density at radius 1 is 0.778 bits per heavy atom. The van der Waals surface area contributed by atoms with E-state index in [4.69, 9.17) is 11.6 Å². The lowest BCUT2D eigenvalue weighted by Gasteiger charge is -2.16. The molecule has 2 N–H and O–H groups in total. The van der Waals surface area contributed by atoms with Crippen LogP contribution in [0.15, 0.2) is 24.3 Å². The van der Waals surface area contributed by atoms with Crippen molar-refractivity contribution >= 4 is 11.6 Å². The van der Waals surface area contributed by atoms with Crippen molar-refractivity contribution in [1.29, 1.82) is 0 Å². The Balaban J connectivity index is 2.75. The van der Waals surface area contributed by atoms with E-state index in [0.717, 1.165) is 5.56 Å². The molecule has 0 fully saturated rings. The molecule has 0 aliphatic rings. The van der Waals surface area contributed by atoms with Gasteiger partial charge in [-0.2, -0.15) is 0 Å². The van der Waals surface area contributed by atoms with Gasteiger partial charge in [0.15, 0.2) is 0 Å². The number of halogens is 1. The molecule has 0 atom stereocenters. The summed E-state index contributed by atoms with van der Waals surface area (Å²) in [6, 6.07) is 7.20. The lowest BCUT2D eigenvalue weighted by molar-refractivity contribution is 0.451. The molecule has 0 aromatic heterocycles. The Morgan fingerprint density at radius 3 is 1.83 bits per heavy atom. The van der Waals surface area contributed by atoms with Crippen molar-refractivity contribution in [2.45, 2.75) is 20.8 Å². The van der Waals surface area contributed by atoms with Gasteiger partial charge in [0, 0.05) is 16.1 Å². The molecule has 0 amide bonds. The molecule has 0 saturated heterocycles. The van der Waals surface area contributed by atoms with Gasteiger partial charge in [0.05, 0.1) is 0 Å². The molecule has 2 nitrogen and oxygen atoms in total. The number of benzene rings is 2. The van der Waals surface area contributed by atoms with Crippen molar-refractivity contribution < 1.29 is 10.2 Å². The maximum Gasteiger partial charge on any atom is 0.127 e. The Hall–Kier alpha value is -1.67. The standard InChI is InChI=1S/C15H15ClO2/c1-8-9(2)15(18)13(10(3)14(8)17)11-4-6-12(16)7-5-11/h4-7,17-18H,1-3H3. The number of rotatable bonds is 1. The molecule has 0 aliphatic heterocycles. The second kappa shape index (κ2) is 4.54. The van der Waals surface area contributed by atoms with E-state index in [-0.39, 0.29) is 11.5 Å². The highest BCUT2D eigenvalue weighted by molar-refractivity contribution is 6.30. The number of hydrogen-bond donors (Lipinski definition) is 2. The normalized spacial score (nSPS) is 10.7. The van der Waals surface area contributed by atoms with Crippen LogP contribution in [-0.2, 0) is 0 Å². The molecular formula is C15H15ClO2. The van der Waals surface area contributed by atoms with E-state index in [1.54, 1.807) is 32.9 Å². The smallest absolute Gasteiger partial charge is 0.127 e. The van der Waals surface area contributed by atoms with Crippen molar-refractivity contribution in [3.05, 3.63) is 46.0 Å². The third-order valence-electron chi connectivity index (χ3n) is 3.37. The lowest BCUT2D eigenvalue weighted by Crippen LogP contribution is -1.92. The first-order valence-electron chi connectivity index (χ1n) is 5.71. The summed E-state index contributed by atoms with van der Waals surface area (Å²) in [5, 5.41) is 21.0. The van der Waals surface area contributed by atoms with Gasteiger partial charge in [0.2, 0.25) is 0 Å². The van der Waals surface area contributed by atoms with Crippen LogP contribution in [0.1, 0.15) is 16.7 Å². The fourth-order valence-corrected chi connectivity index (χ4v) is 2.22. The Kier molecular flexibility index (Phi) is 3.22. The third kappa shape index (κ3) is 1.93. The summed E-state index contributed by atoms with van der Waals surface area (Å²) in [5.74, 6) is 0.445. The van der Waals surface area contributed by atoms with Crippen molar-refractivity contribution in [2.75, 3.05) is 0 Å². The largest absolute Gasteiger partial charge is 0.507 e. The van der Waals surface area contributed by atoms with Gasteiger partial charge in [-0.1, -0.05) is 23.7 Å². The van der Waals surface area contributed by atoms with Crippen molar-refractivity contribution in [1.82, 2.24) is 0 Å². The summed E-state index contributed by atoms with van der Waals surface area (Å²) in [4.78, 5) is 0. The third-order valence-corrected chi connectivity index (χ3v) is 3.62. The van der Waals surface area contributed by atoms with Crippen molar-refractivity contribution in [3.8, 4) is 22.6 Å².